The molecule has 3 rings (SSSR count). The van der Waals surface area contributed by atoms with Crippen molar-refractivity contribution in [2.75, 3.05) is 26.8 Å². The molecule has 1 atom stereocenters. The van der Waals surface area contributed by atoms with E-state index in [4.69, 9.17) is 4.74 Å². The molecule has 2 aromatic carbocycles. The molecule has 4 heteroatoms. The number of methoxy groups -OCH3 is 1. The predicted molar refractivity (Wildman–Crippen MR) is 95.3 cm³/mol. The third-order valence-electron chi connectivity index (χ3n) is 5.13. The van der Waals surface area contributed by atoms with E-state index >= 15 is 0 Å². The van der Waals surface area contributed by atoms with Crippen LogP contribution >= 0.6 is 0 Å². The summed E-state index contributed by atoms with van der Waals surface area (Å²) in [7, 11) is 1.66. The van der Waals surface area contributed by atoms with Crippen molar-refractivity contribution in [2.24, 2.45) is 5.92 Å². The molecule has 4 nitrogen and oxygen atoms in total. The summed E-state index contributed by atoms with van der Waals surface area (Å²) in [5.74, 6) is 1.22. The van der Waals surface area contributed by atoms with Crippen LogP contribution in [0.15, 0.2) is 36.4 Å². The molecule has 1 heterocycles. The average Bonchev–Trinajstić information content (AvgIpc) is 2.66. The summed E-state index contributed by atoms with van der Waals surface area (Å²) in [5, 5.41) is 11.5. The highest BCUT2D eigenvalue weighted by molar-refractivity contribution is 5.88. The molecule has 0 unspecified atom stereocenters. The van der Waals surface area contributed by atoms with Crippen LogP contribution in [-0.2, 0) is 4.79 Å². The Morgan fingerprint density at radius 3 is 2.54 bits per heavy atom. The molecule has 1 N–H and O–H groups in total. The average molecular weight is 327 g/mol. The number of fused-ring (bicyclic) bond motifs is 1. The van der Waals surface area contributed by atoms with Crippen molar-refractivity contribution in [3.63, 3.8) is 0 Å². The molecular weight excluding hydrogens is 302 g/mol. The van der Waals surface area contributed by atoms with E-state index in [9.17, 15) is 9.90 Å². The highest BCUT2D eigenvalue weighted by Crippen LogP contribution is 2.27. The van der Waals surface area contributed by atoms with E-state index in [0.29, 0.717) is 5.92 Å². The van der Waals surface area contributed by atoms with Crippen LogP contribution in [0.5, 0.6) is 5.75 Å². The van der Waals surface area contributed by atoms with Gasteiger partial charge in [0.25, 0.3) is 0 Å². The van der Waals surface area contributed by atoms with Crippen molar-refractivity contribution in [1.29, 1.82) is 0 Å². The number of aliphatic hydroxyl groups is 1. The van der Waals surface area contributed by atoms with Crippen LogP contribution in [0, 0.1) is 5.92 Å². The van der Waals surface area contributed by atoms with Gasteiger partial charge < -0.3 is 14.7 Å². The number of amides is 1. The van der Waals surface area contributed by atoms with Gasteiger partial charge in [-0.25, -0.2) is 0 Å². The number of benzene rings is 2. The Kier molecular flexibility index (Phi) is 5.05. The Balaban J connectivity index is 1.75. The first kappa shape index (κ1) is 16.8. The van der Waals surface area contributed by atoms with Crippen LogP contribution in [0.4, 0.5) is 0 Å². The summed E-state index contributed by atoms with van der Waals surface area (Å²) in [4.78, 5) is 14.7. The second-order valence-corrected chi connectivity index (χ2v) is 6.65. The zero-order chi connectivity index (χ0) is 17.1. The van der Waals surface area contributed by atoms with Crippen molar-refractivity contribution < 1.29 is 14.6 Å². The maximum Gasteiger partial charge on any atom is 0.229 e. The maximum atomic E-state index is 12.8. The standard InChI is InChI=1S/C20H25NO3/c1-14(20(23)21-9-7-15(13-22)8-10-21)16-3-4-18-12-19(24-2)6-5-17(18)11-16/h3-6,11-12,14-15,22H,7-10,13H2,1-2H3/t14-/m0/s1. The lowest BCUT2D eigenvalue weighted by atomic mass is 9.93. The SMILES string of the molecule is COc1ccc2cc([C@H](C)C(=O)N3CCC(CO)CC3)ccc2c1. The minimum atomic E-state index is -0.151. The molecule has 1 fully saturated rings. The molecule has 1 amide bonds. The summed E-state index contributed by atoms with van der Waals surface area (Å²) >= 11 is 0. The Hall–Kier alpha value is -2.07. The Morgan fingerprint density at radius 2 is 1.88 bits per heavy atom. The molecule has 1 aliphatic rings. The number of nitrogens with zero attached hydrogens (tertiary/aromatic N) is 1. The van der Waals surface area contributed by atoms with Gasteiger partial charge in [0.1, 0.15) is 5.75 Å². The number of hydrogen-bond donors (Lipinski definition) is 1. The zero-order valence-corrected chi connectivity index (χ0v) is 14.4. The fourth-order valence-electron chi connectivity index (χ4n) is 3.39. The Morgan fingerprint density at radius 1 is 1.21 bits per heavy atom. The third-order valence-corrected chi connectivity index (χ3v) is 5.13. The first-order valence-corrected chi connectivity index (χ1v) is 8.59. The van der Waals surface area contributed by atoms with Crippen LogP contribution < -0.4 is 4.74 Å². The molecule has 24 heavy (non-hydrogen) atoms. The molecule has 128 valence electrons. The van der Waals surface area contributed by atoms with Crippen molar-refractivity contribution in [3.05, 3.63) is 42.0 Å². The van der Waals surface area contributed by atoms with Gasteiger partial charge in [0, 0.05) is 19.7 Å². The number of ether oxygens (including phenoxy) is 1. The van der Waals surface area contributed by atoms with E-state index in [1.165, 1.54) is 0 Å². The Labute approximate surface area is 143 Å². The van der Waals surface area contributed by atoms with E-state index in [0.717, 1.165) is 48.0 Å². The van der Waals surface area contributed by atoms with Gasteiger partial charge in [-0.05, 0) is 54.2 Å². The molecule has 2 aromatic rings. The fraction of sp³-hybridized carbons (Fsp3) is 0.450. The summed E-state index contributed by atoms with van der Waals surface area (Å²) in [5.41, 5.74) is 1.04. The number of carbonyl (C=O) groups is 1. The molecule has 1 saturated heterocycles. The zero-order valence-electron chi connectivity index (χ0n) is 14.4. The van der Waals surface area contributed by atoms with Crippen molar-refractivity contribution >= 4 is 16.7 Å². The summed E-state index contributed by atoms with van der Waals surface area (Å²) < 4.78 is 5.26. The molecule has 0 spiro atoms. The number of piperidine rings is 1. The molecular formula is C20H25NO3. The van der Waals surface area contributed by atoms with E-state index < -0.39 is 0 Å². The molecule has 0 radical (unpaired) electrons. The van der Waals surface area contributed by atoms with Crippen LogP contribution in [0.2, 0.25) is 0 Å². The second kappa shape index (κ2) is 7.22. The molecule has 0 bridgehead atoms. The van der Waals surface area contributed by atoms with Gasteiger partial charge in [-0.1, -0.05) is 24.3 Å². The van der Waals surface area contributed by atoms with Crippen LogP contribution in [0.3, 0.4) is 0 Å². The largest absolute Gasteiger partial charge is 0.497 e. The van der Waals surface area contributed by atoms with Crippen LogP contribution in [-0.4, -0.2) is 42.7 Å². The monoisotopic (exact) mass is 327 g/mol. The van der Waals surface area contributed by atoms with Gasteiger partial charge in [0.2, 0.25) is 5.91 Å². The normalized spacial score (nSPS) is 17.0. The summed E-state index contributed by atoms with van der Waals surface area (Å²) in [6.45, 7) is 3.70. The van der Waals surface area contributed by atoms with E-state index in [-0.39, 0.29) is 18.4 Å². The van der Waals surface area contributed by atoms with Gasteiger partial charge in [0.15, 0.2) is 0 Å². The van der Waals surface area contributed by atoms with E-state index in [1.54, 1.807) is 7.11 Å². The van der Waals surface area contributed by atoms with E-state index in [1.807, 2.05) is 36.1 Å². The number of hydrogen-bond acceptors (Lipinski definition) is 3. The molecule has 1 aliphatic heterocycles. The van der Waals surface area contributed by atoms with Crippen LogP contribution in [0.25, 0.3) is 10.8 Å². The van der Waals surface area contributed by atoms with Gasteiger partial charge in [-0.15, -0.1) is 0 Å². The number of carbonyl (C=O) groups excluding carboxylic acids is 1. The van der Waals surface area contributed by atoms with Crippen molar-refractivity contribution in [3.8, 4) is 5.75 Å². The van der Waals surface area contributed by atoms with Crippen LogP contribution in [0.1, 0.15) is 31.2 Å². The summed E-state index contributed by atoms with van der Waals surface area (Å²) in [6, 6.07) is 12.2. The first-order chi connectivity index (χ1) is 11.6. The first-order valence-electron chi connectivity index (χ1n) is 8.59. The van der Waals surface area contributed by atoms with Gasteiger partial charge in [0.05, 0.1) is 13.0 Å². The number of likely N-dealkylation sites (tertiary alicyclic amines) is 1. The topological polar surface area (TPSA) is 49.8 Å². The lowest BCUT2D eigenvalue weighted by Crippen LogP contribution is -2.41. The highest BCUT2D eigenvalue weighted by Gasteiger charge is 2.26. The van der Waals surface area contributed by atoms with E-state index in [2.05, 4.69) is 12.1 Å². The summed E-state index contributed by atoms with van der Waals surface area (Å²) in [6.07, 6.45) is 1.79. The lowest BCUT2D eigenvalue weighted by Gasteiger charge is -2.33. The smallest absolute Gasteiger partial charge is 0.229 e. The number of aliphatic hydroxyl groups excluding tert-OH is 1. The maximum absolute atomic E-state index is 12.8. The minimum absolute atomic E-state index is 0.151. The van der Waals surface area contributed by atoms with Gasteiger partial charge >= 0.3 is 0 Å². The molecule has 0 saturated carbocycles. The Bertz CT molecular complexity index is 720. The van der Waals surface area contributed by atoms with Gasteiger partial charge in [-0.3, -0.25) is 4.79 Å². The lowest BCUT2D eigenvalue weighted by molar-refractivity contribution is -0.134. The fourth-order valence-corrected chi connectivity index (χ4v) is 3.39. The number of rotatable bonds is 4. The predicted octanol–water partition coefficient (Wildman–Crippen LogP) is 3.18. The quantitative estimate of drug-likeness (QED) is 0.938. The van der Waals surface area contributed by atoms with Crippen molar-refractivity contribution in [2.45, 2.75) is 25.7 Å². The highest BCUT2D eigenvalue weighted by atomic mass is 16.5. The minimum Gasteiger partial charge on any atom is -0.497 e. The van der Waals surface area contributed by atoms with Gasteiger partial charge in [-0.2, -0.15) is 0 Å². The van der Waals surface area contributed by atoms with Crippen molar-refractivity contribution in [1.82, 2.24) is 4.90 Å². The third kappa shape index (κ3) is 3.39. The molecule has 0 aromatic heterocycles. The molecule has 0 aliphatic carbocycles. The second-order valence-electron chi connectivity index (χ2n) is 6.65.